The number of ether oxygens (including phenoxy) is 1. The zero-order chi connectivity index (χ0) is 10.4. The van der Waals surface area contributed by atoms with Crippen LogP contribution in [0.15, 0.2) is 0 Å². The fourth-order valence-electron chi connectivity index (χ4n) is 1.80. The maximum absolute atomic E-state index is 8.89. The van der Waals surface area contributed by atoms with E-state index in [4.69, 9.17) is 9.84 Å². The molecule has 1 fully saturated rings. The minimum atomic E-state index is 0.175. The van der Waals surface area contributed by atoms with Crippen molar-refractivity contribution in [2.75, 3.05) is 26.4 Å². The second-order valence-electron chi connectivity index (χ2n) is 4.11. The summed E-state index contributed by atoms with van der Waals surface area (Å²) in [5.74, 6) is 0. The smallest absolute Gasteiger partial charge is 0.0620 e. The summed E-state index contributed by atoms with van der Waals surface area (Å²) in [7, 11) is 0. The Morgan fingerprint density at radius 3 is 2.86 bits per heavy atom. The molecule has 1 saturated heterocycles. The molecule has 3 N–H and O–H groups in total. The van der Waals surface area contributed by atoms with Gasteiger partial charge in [-0.15, -0.1) is 0 Å². The Balaban J connectivity index is 2.14. The van der Waals surface area contributed by atoms with Crippen LogP contribution in [-0.2, 0) is 4.74 Å². The molecule has 0 saturated carbocycles. The van der Waals surface area contributed by atoms with Crippen molar-refractivity contribution in [3.63, 3.8) is 0 Å². The Hall–Kier alpha value is -0.160. The lowest BCUT2D eigenvalue weighted by Crippen LogP contribution is -2.46. The van der Waals surface area contributed by atoms with Crippen LogP contribution in [0.25, 0.3) is 0 Å². The highest BCUT2D eigenvalue weighted by Gasteiger charge is 2.16. The minimum absolute atomic E-state index is 0.175. The van der Waals surface area contributed by atoms with Gasteiger partial charge in [-0.05, 0) is 20.3 Å². The molecule has 1 aliphatic heterocycles. The van der Waals surface area contributed by atoms with Gasteiger partial charge in [0.25, 0.3) is 0 Å². The van der Waals surface area contributed by atoms with Gasteiger partial charge in [0, 0.05) is 24.7 Å². The quantitative estimate of drug-likeness (QED) is 0.574. The molecule has 84 valence electrons. The summed E-state index contributed by atoms with van der Waals surface area (Å²) in [5.41, 5.74) is 0. The van der Waals surface area contributed by atoms with Crippen molar-refractivity contribution in [2.45, 2.75) is 38.4 Å². The Morgan fingerprint density at radius 2 is 2.29 bits per heavy atom. The Morgan fingerprint density at radius 1 is 1.50 bits per heavy atom. The summed E-state index contributed by atoms with van der Waals surface area (Å²) in [6.07, 6.45) is 1.05. The van der Waals surface area contributed by atoms with Gasteiger partial charge in [-0.1, -0.05) is 0 Å². The SMILES string of the molecule is CC(CC1COCCN1)N[C@H](C)CO. The van der Waals surface area contributed by atoms with E-state index in [1.807, 2.05) is 6.92 Å². The lowest BCUT2D eigenvalue weighted by atomic mass is 10.1. The van der Waals surface area contributed by atoms with E-state index in [1.54, 1.807) is 0 Å². The van der Waals surface area contributed by atoms with E-state index in [2.05, 4.69) is 17.6 Å². The van der Waals surface area contributed by atoms with Crippen LogP contribution in [0, 0.1) is 0 Å². The third-order valence-corrected chi connectivity index (χ3v) is 2.48. The number of aliphatic hydroxyl groups excluding tert-OH is 1. The molecular weight excluding hydrogens is 180 g/mol. The summed E-state index contributed by atoms with van der Waals surface area (Å²) < 4.78 is 5.37. The van der Waals surface area contributed by atoms with Gasteiger partial charge in [0.1, 0.15) is 0 Å². The molecule has 0 aliphatic carbocycles. The lowest BCUT2D eigenvalue weighted by Gasteiger charge is -2.27. The summed E-state index contributed by atoms with van der Waals surface area (Å²) >= 11 is 0. The van der Waals surface area contributed by atoms with Crippen molar-refractivity contribution >= 4 is 0 Å². The highest BCUT2D eigenvalue weighted by atomic mass is 16.5. The van der Waals surface area contributed by atoms with E-state index in [0.717, 1.165) is 26.2 Å². The average molecular weight is 202 g/mol. The monoisotopic (exact) mass is 202 g/mol. The van der Waals surface area contributed by atoms with E-state index in [-0.39, 0.29) is 12.6 Å². The zero-order valence-electron chi connectivity index (χ0n) is 9.12. The van der Waals surface area contributed by atoms with Gasteiger partial charge >= 0.3 is 0 Å². The van der Waals surface area contributed by atoms with E-state index in [9.17, 15) is 0 Å². The van der Waals surface area contributed by atoms with Crippen LogP contribution in [0.3, 0.4) is 0 Å². The first-order valence-electron chi connectivity index (χ1n) is 5.40. The number of aliphatic hydroxyl groups is 1. The van der Waals surface area contributed by atoms with Crippen molar-refractivity contribution in [1.82, 2.24) is 10.6 Å². The first-order valence-corrected chi connectivity index (χ1v) is 5.40. The molecule has 14 heavy (non-hydrogen) atoms. The first-order chi connectivity index (χ1) is 6.72. The van der Waals surface area contributed by atoms with Gasteiger partial charge in [-0.25, -0.2) is 0 Å². The van der Waals surface area contributed by atoms with E-state index in [1.165, 1.54) is 0 Å². The Labute approximate surface area is 86.0 Å². The van der Waals surface area contributed by atoms with Crippen molar-refractivity contribution < 1.29 is 9.84 Å². The average Bonchev–Trinajstić information content (AvgIpc) is 2.19. The molecule has 0 aromatic heterocycles. The van der Waals surface area contributed by atoms with Crippen LogP contribution in [0.5, 0.6) is 0 Å². The third-order valence-electron chi connectivity index (χ3n) is 2.48. The van der Waals surface area contributed by atoms with Crippen LogP contribution in [0.1, 0.15) is 20.3 Å². The molecular formula is C10H22N2O2. The van der Waals surface area contributed by atoms with Crippen LogP contribution in [-0.4, -0.2) is 49.6 Å². The molecule has 4 heteroatoms. The molecule has 0 bridgehead atoms. The van der Waals surface area contributed by atoms with Gasteiger partial charge in [0.2, 0.25) is 0 Å². The summed E-state index contributed by atoms with van der Waals surface area (Å²) in [6, 6.07) is 1.04. The Kier molecular flexibility index (Phi) is 5.40. The van der Waals surface area contributed by atoms with Crippen LogP contribution >= 0.6 is 0 Å². The topological polar surface area (TPSA) is 53.5 Å². The molecule has 0 aromatic rings. The molecule has 4 nitrogen and oxygen atoms in total. The maximum atomic E-state index is 8.89. The zero-order valence-corrected chi connectivity index (χ0v) is 9.12. The maximum Gasteiger partial charge on any atom is 0.0620 e. The number of rotatable bonds is 5. The van der Waals surface area contributed by atoms with E-state index >= 15 is 0 Å². The molecule has 0 amide bonds. The van der Waals surface area contributed by atoms with Gasteiger partial charge in [-0.2, -0.15) is 0 Å². The van der Waals surface area contributed by atoms with Gasteiger partial charge < -0.3 is 20.5 Å². The molecule has 0 radical (unpaired) electrons. The van der Waals surface area contributed by atoms with E-state index < -0.39 is 0 Å². The number of nitrogens with one attached hydrogen (secondary N) is 2. The predicted molar refractivity (Wildman–Crippen MR) is 56.4 cm³/mol. The van der Waals surface area contributed by atoms with Gasteiger partial charge in [-0.3, -0.25) is 0 Å². The number of hydrogen-bond acceptors (Lipinski definition) is 4. The fourth-order valence-corrected chi connectivity index (χ4v) is 1.80. The largest absolute Gasteiger partial charge is 0.395 e. The third kappa shape index (κ3) is 4.37. The minimum Gasteiger partial charge on any atom is -0.395 e. The molecule has 3 atom stereocenters. The fraction of sp³-hybridized carbons (Fsp3) is 1.00. The molecule has 1 heterocycles. The highest BCUT2D eigenvalue weighted by molar-refractivity contribution is 4.77. The summed E-state index contributed by atoms with van der Waals surface area (Å²) in [5, 5.41) is 15.6. The molecule has 0 spiro atoms. The summed E-state index contributed by atoms with van der Waals surface area (Å²) in [6.45, 7) is 6.90. The van der Waals surface area contributed by atoms with Crippen LogP contribution in [0.2, 0.25) is 0 Å². The number of hydrogen-bond donors (Lipinski definition) is 3. The number of morpholine rings is 1. The highest BCUT2D eigenvalue weighted by Crippen LogP contribution is 2.03. The van der Waals surface area contributed by atoms with Crippen molar-refractivity contribution in [3.8, 4) is 0 Å². The van der Waals surface area contributed by atoms with Crippen molar-refractivity contribution in [3.05, 3.63) is 0 Å². The van der Waals surface area contributed by atoms with E-state index in [0.29, 0.717) is 12.1 Å². The predicted octanol–water partition coefficient (Wildman–Crippen LogP) is -0.276. The molecule has 0 aromatic carbocycles. The lowest BCUT2D eigenvalue weighted by molar-refractivity contribution is 0.0704. The molecule has 1 rings (SSSR count). The van der Waals surface area contributed by atoms with Gasteiger partial charge in [0.05, 0.1) is 19.8 Å². The van der Waals surface area contributed by atoms with Crippen molar-refractivity contribution in [1.29, 1.82) is 0 Å². The first kappa shape index (κ1) is 11.9. The second-order valence-corrected chi connectivity index (χ2v) is 4.11. The normalized spacial score (nSPS) is 27.2. The van der Waals surface area contributed by atoms with Crippen LogP contribution < -0.4 is 10.6 Å². The van der Waals surface area contributed by atoms with Gasteiger partial charge in [0.15, 0.2) is 0 Å². The van der Waals surface area contributed by atoms with Crippen LogP contribution in [0.4, 0.5) is 0 Å². The molecule has 2 unspecified atom stereocenters. The van der Waals surface area contributed by atoms with Crippen molar-refractivity contribution in [2.24, 2.45) is 0 Å². The second kappa shape index (κ2) is 6.35. The Bertz CT molecular complexity index is 149. The standard InChI is InChI=1S/C10H22N2O2/c1-8(12-9(2)6-13)5-10-7-14-4-3-11-10/h8-13H,3-7H2,1-2H3/t8?,9-,10?/m1/s1. The molecule has 1 aliphatic rings. The summed E-state index contributed by atoms with van der Waals surface area (Å²) in [4.78, 5) is 0.